The standard InChI is InChI=1S/C10H8ClN3/c1-7-5-9(14-6-13-7)8-3-2-4-12-10(8)11/h2-6H,1H3. The number of hydrogen-bond acceptors (Lipinski definition) is 3. The molecule has 2 aromatic heterocycles. The molecule has 0 saturated carbocycles. The van der Waals surface area contributed by atoms with Gasteiger partial charge < -0.3 is 0 Å². The number of hydrogen-bond donors (Lipinski definition) is 0. The molecule has 0 saturated heterocycles. The number of pyridine rings is 1. The average molecular weight is 206 g/mol. The molecule has 2 rings (SSSR count). The van der Waals surface area contributed by atoms with Crippen molar-refractivity contribution < 1.29 is 0 Å². The van der Waals surface area contributed by atoms with Gasteiger partial charge in [0.15, 0.2) is 0 Å². The van der Waals surface area contributed by atoms with Gasteiger partial charge in [-0.05, 0) is 25.1 Å². The van der Waals surface area contributed by atoms with Crippen LogP contribution in [0, 0.1) is 6.92 Å². The Hall–Kier alpha value is -1.48. The van der Waals surface area contributed by atoms with Gasteiger partial charge in [0.05, 0.1) is 5.69 Å². The molecular weight excluding hydrogens is 198 g/mol. The van der Waals surface area contributed by atoms with Crippen LogP contribution in [0.2, 0.25) is 5.15 Å². The molecule has 2 heterocycles. The third-order valence-corrected chi connectivity index (χ3v) is 2.14. The smallest absolute Gasteiger partial charge is 0.138 e. The summed E-state index contributed by atoms with van der Waals surface area (Å²) in [5, 5.41) is 0.464. The minimum atomic E-state index is 0.464. The van der Waals surface area contributed by atoms with Crippen molar-refractivity contribution in [3.05, 3.63) is 41.6 Å². The van der Waals surface area contributed by atoms with Crippen LogP contribution in [-0.2, 0) is 0 Å². The Bertz CT molecular complexity index is 457. The molecule has 0 amide bonds. The van der Waals surface area contributed by atoms with Crippen molar-refractivity contribution in [2.45, 2.75) is 6.92 Å². The second kappa shape index (κ2) is 3.72. The molecule has 4 heteroatoms. The molecule has 0 atom stereocenters. The Kier molecular flexibility index (Phi) is 2.41. The lowest BCUT2D eigenvalue weighted by Crippen LogP contribution is -1.89. The van der Waals surface area contributed by atoms with Gasteiger partial charge in [-0.15, -0.1) is 0 Å². The Morgan fingerprint density at radius 2 is 2.07 bits per heavy atom. The van der Waals surface area contributed by atoms with Crippen LogP contribution in [0.15, 0.2) is 30.7 Å². The fourth-order valence-electron chi connectivity index (χ4n) is 1.18. The summed E-state index contributed by atoms with van der Waals surface area (Å²) in [5.74, 6) is 0. The number of rotatable bonds is 1. The summed E-state index contributed by atoms with van der Waals surface area (Å²) in [6.45, 7) is 1.91. The number of aryl methyl sites for hydroxylation is 1. The summed E-state index contributed by atoms with van der Waals surface area (Å²) in [6, 6.07) is 5.60. The highest BCUT2D eigenvalue weighted by atomic mass is 35.5. The first-order valence-electron chi connectivity index (χ1n) is 4.17. The zero-order valence-electron chi connectivity index (χ0n) is 7.61. The summed E-state index contributed by atoms with van der Waals surface area (Å²) >= 11 is 5.94. The van der Waals surface area contributed by atoms with Crippen LogP contribution >= 0.6 is 11.6 Å². The molecule has 70 valence electrons. The van der Waals surface area contributed by atoms with Crippen molar-refractivity contribution in [2.24, 2.45) is 0 Å². The number of aromatic nitrogens is 3. The summed E-state index contributed by atoms with van der Waals surface area (Å²) < 4.78 is 0. The summed E-state index contributed by atoms with van der Waals surface area (Å²) in [4.78, 5) is 12.1. The maximum atomic E-state index is 5.94. The van der Waals surface area contributed by atoms with Gasteiger partial charge >= 0.3 is 0 Å². The van der Waals surface area contributed by atoms with Crippen LogP contribution in [-0.4, -0.2) is 15.0 Å². The molecule has 14 heavy (non-hydrogen) atoms. The third-order valence-electron chi connectivity index (χ3n) is 1.84. The maximum absolute atomic E-state index is 5.94. The lowest BCUT2D eigenvalue weighted by molar-refractivity contribution is 1.10. The van der Waals surface area contributed by atoms with E-state index in [0.29, 0.717) is 5.15 Å². The van der Waals surface area contributed by atoms with Gasteiger partial charge in [0.25, 0.3) is 0 Å². The molecule has 3 nitrogen and oxygen atoms in total. The van der Waals surface area contributed by atoms with Crippen molar-refractivity contribution in [3.8, 4) is 11.3 Å². The quantitative estimate of drug-likeness (QED) is 0.672. The number of halogens is 1. The topological polar surface area (TPSA) is 38.7 Å². The highest BCUT2D eigenvalue weighted by Crippen LogP contribution is 2.23. The van der Waals surface area contributed by atoms with Crippen molar-refractivity contribution in [3.63, 3.8) is 0 Å². The zero-order chi connectivity index (χ0) is 9.97. The van der Waals surface area contributed by atoms with E-state index >= 15 is 0 Å². The molecular formula is C10H8ClN3. The van der Waals surface area contributed by atoms with Crippen LogP contribution in [0.1, 0.15) is 5.69 Å². The fourth-order valence-corrected chi connectivity index (χ4v) is 1.40. The summed E-state index contributed by atoms with van der Waals surface area (Å²) in [6.07, 6.45) is 3.17. The molecule has 0 aromatic carbocycles. The molecule has 0 radical (unpaired) electrons. The first-order chi connectivity index (χ1) is 6.77. The largest absolute Gasteiger partial charge is 0.244 e. The van der Waals surface area contributed by atoms with Crippen molar-refractivity contribution in [1.29, 1.82) is 0 Å². The SMILES string of the molecule is Cc1cc(-c2cccnc2Cl)ncn1. The van der Waals surface area contributed by atoms with Crippen molar-refractivity contribution in [1.82, 2.24) is 15.0 Å². The molecule has 0 N–H and O–H groups in total. The second-order valence-electron chi connectivity index (χ2n) is 2.89. The van der Waals surface area contributed by atoms with E-state index in [2.05, 4.69) is 15.0 Å². The van der Waals surface area contributed by atoms with Crippen LogP contribution in [0.25, 0.3) is 11.3 Å². The molecule has 0 unspecified atom stereocenters. The van der Waals surface area contributed by atoms with Gasteiger partial charge in [-0.3, -0.25) is 0 Å². The Labute approximate surface area is 86.8 Å². The molecule has 0 aliphatic heterocycles. The van der Waals surface area contributed by atoms with E-state index in [0.717, 1.165) is 17.0 Å². The van der Waals surface area contributed by atoms with Crippen molar-refractivity contribution in [2.75, 3.05) is 0 Å². The minimum absolute atomic E-state index is 0.464. The highest BCUT2D eigenvalue weighted by Gasteiger charge is 2.04. The summed E-state index contributed by atoms with van der Waals surface area (Å²) in [5.41, 5.74) is 2.55. The first kappa shape index (κ1) is 9.09. The van der Waals surface area contributed by atoms with Gasteiger partial charge in [0.1, 0.15) is 11.5 Å². The zero-order valence-corrected chi connectivity index (χ0v) is 8.36. The van der Waals surface area contributed by atoms with E-state index in [4.69, 9.17) is 11.6 Å². The van der Waals surface area contributed by atoms with Crippen LogP contribution < -0.4 is 0 Å². The van der Waals surface area contributed by atoms with Gasteiger partial charge in [0.2, 0.25) is 0 Å². The maximum Gasteiger partial charge on any atom is 0.138 e. The normalized spacial score (nSPS) is 10.1. The summed E-state index contributed by atoms with van der Waals surface area (Å²) in [7, 11) is 0. The van der Waals surface area contributed by atoms with Gasteiger partial charge in [-0.1, -0.05) is 11.6 Å². The van der Waals surface area contributed by atoms with E-state index in [9.17, 15) is 0 Å². The monoisotopic (exact) mass is 205 g/mol. The average Bonchev–Trinajstić information content (AvgIpc) is 2.18. The first-order valence-corrected chi connectivity index (χ1v) is 4.55. The van der Waals surface area contributed by atoms with Crippen molar-refractivity contribution >= 4 is 11.6 Å². The fraction of sp³-hybridized carbons (Fsp3) is 0.100. The van der Waals surface area contributed by atoms with E-state index in [1.54, 1.807) is 6.20 Å². The van der Waals surface area contributed by atoms with Gasteiger partial charge in [-0.25, -0.2) is 15.0 Å². The lowest BCUT2D eigenvalue weighted by atomic mass is 10.2. The Morgan fingerprint density at radius 1 is 1.21 bits per heavy atom. The van der Waals surface area contributed by atoms with E-state index in [1.165, 1.54) is 6.33 Å². The third kappa shape index (κ3) is 1.72. The van der Waals surface area contributed by atoms with E-state index in [-0.39, 0.29) is 0 Å². The number of nitrogens with zero attached hydrogens (tertiary/aromatic N) is 3. The highest BCUT2D eigenvalue weighted by molar-refractivity contribution is 6.31. The van der Waals surface area contributed by atoms with E-state index in [1.807, 2.05) is 25.1 Å². The molecule has 0 bridgehead atoms. The molecule has 0 aliphatic rings. The molecule has 0 fully saturated rings. The van der Waals surface area contributed by atoms with E-state index < -0.39 is 0 Å². The predicted molar refractivity (Wildman–Crippen MR) is 55.0 cm³/mol. The van der Waals surface area contributed by atoms with Gasteiger partial charge in [-0.2, -0.15) is 0 Å². The Morgan fingerprint density at radius 3 is 2.79 bits per heavy atom. The minimum Gasteiger partial charge on any atom is -0.244 e. The molecule has 0 spiro atoms. The predicted octanol–water partition coefficient (Wildman–Crippen LogP) is 2.50. The molecule has 2 aromatic rings. The van der Waals surface area contributed by atoms with Crippen LogP contribution in [0.3, 0.4) is 0 Å². The van der Waals surface area contributed by atoms with Crippen LogP contribution in [0.5, 0.6) is 0 Å². The van der Waals surface area contributed by atoms with Crippen LogP contribution in [0.4, 0.5) is 0 Å². The molecule has 0 aliphatic carbocycles. The second-order valence-corrected chi connectivity index (χ2v) is 3.24. The Balaban J connectivity index is 2.55. The lowest BCUT2D eigenvalue weighted by Gasteiger charge is -2.01. The van der Waals surface area contributed by atoms with Gasteiger partial charge in [0, 0.05) is 17.5 Å².